The molecular formula is C16H24N2O2. The van der Waals surface area contributed by atoms with Crippen molar-refractivity contribution < 1.29 is 9.90 Å². The van der Waals surface area contributed by atoms with E-state index in [9.17, 15) is 4.79 Å². The van der Waals surface area contributed by atoms with Crippen LogP contribution in [-0.4, -0.2) is 38.3 Å². The molecule has 1 amide bonds. The first-order valence-corrected chi connectivity index (χ1v) is 6.97. The SMILES string of the molecule is CN(C)c1ccc(/C=C/C(=O)NCCCCCO)cc1. The number of amides is 1. The van der Waals surface area contributed by atoms with Gasteiger partial charge in [-0.25, -0.2) is 0 Å². The van der Waals surface area contributed by atoms with Crippen LogP contribution in [-0.2, 0) is 4.79 Å². The van der Waals surface area contributed by atoms with E-state index in [-0.39, 0.29) is 12.5 Å². The molecule has 1 aromatic carbocycles. The van der Waals surface area contributed by atoms with Crippen LogP contribution >= 0.6 is 0 Å². The van der Waals surface area contributed by atoms with Crippen LogP contribution in [0.25, 0.3) is 6.08 Å². The number of nitrogens with zero attached hydrogens (tertiary/aromatic N) is 1. The second kappa shape index (κ2) is 9.15. The zero-order valence-corrected chi connectivity index (χ0v) is 12.3. The van der Waals surface area contributed by atoms with E-state index in [1.165, 1.54) is 0 Å². The number of nitrogens with one attached hydrogen (secondary N) is 1. The lowest BCUT2D eigenvalue weighted by Crippen LogP contribution is -2.22. The third-order valence-electron chi connectivity index (χ3n) is 2.97. The molecule has 0 heterocycles. The Bertz CT molecular complexity index is 425. The summed E-state index contributed by atoms with van der Waals surface area (Å²) in [5, 5.41) is 11.5. The molecule has 0 unspecified atom stereocenters. The fourth-order valence-corrected chi connectivity index (χ4v) is 1.74. The fraction of sp³-hybridized carbons (Fsp3) is 0.438. The third kappa shape index (κ3) is 6.38. The van der Waals surface area contributed by atoms with Crippen LogP contribution in [0.15, 0.2) is 30.3 Å². The zero-order valence-electron chi connectivity index (χ0n) is 12.3. The third-order valence-corrected chi connectivity index (χ3v) is 2.97. The largest absolute Gasteiger partial charge is 0.396 e. The van der Waals surface area contributed by atoms with Gasteiger partial charge in [-0.3, -0.25) is 4.79 Å². The van der Waals surface area contributed by atoms with Gasteiger partial charge in [0.05, 0.1) is 0 Å². The van der Waals surface area contributed by atoms with E-state index < -0.39 is 0 Å². The van der Waals surface area contributed by atoms with Crippen molar-refractivity contribution in [1.29, 1.82) is 0 Å². The molecule has 0 saturated heterocycles. The standard InChI is InChI=1S/C16H24N2O2/c1-18(2)15-9-6-14(7-10-15)8-11-16(20)17-12-4-3-5-13-19/h6-11,19H,3-5,12-13H2,1-2H3,(H,17,20)/b11-8+. The molecular weight excluding hydrogens is 252 g/mol. The molecule has 0 aliphatic carbocycles. The summed E-state index contributed by atoms with van der Waals surface area (Å²) in [6.07, 6.45) is 5.99. The van der Waals surface area contributed by atoms with Gasteiger partial charge in [0.2, 0.25) is 5.91 Å². The summed E-state index contributed by atoms with van der Waals surface area (Å²) in [6.45, 7) is 0.875. The Hall–Kier alpha value is -1.81. The highest BCUT2D eigenvalue weighted by Gasteiger charge is 1.96. The van der Waals surface area contributed by atoms with E-state index in [1.807, 2.05) is 49.3 Å². The van der Waals surface area contributed by atoms with Crippen LogP contribution in [0.4, 0.5) is 5.69 Å². The molecule has 0 aliphatic heterocycles. The maximum atomic E-state index is 11.6. The summed E-state index contributed by atoms with van der Waals surface area (Å²) in [5.74, 6) is -0.0781. The molecule has 110 valence electrons. The van der Waals surface area contributed by atoms with Crippen LogP contribution in [0.5, 0.6) is 0 Å². The summed E-state index contributed by atoms with van der Waals surface area (Å²) in [6, 6.07) is 8.01. The van der Waals surface area contributed by atoms with Crippen molar-refractivity contribution in [2.45, 2.75) is 19.3 Å². The van der Waals surface area contributed by atoms with E-state index in [1.54, 1.807) is 6.08 Å². The predicted molar refractivity (Wildman–Crippen MR) is 83.7 cm³/mol. The number of anilines is 1. The second-order valence-corrected chi connectivity index (χ2v) is 4.89. The Balaban J connectivity index is 2.33. The highest BCUT2D eigenvalue weighted by atomic mass is 16.2. The monoisotopic (exact) mass is 276 g/mol. The topological polar surface area (TPSA) is 52.6 Å². The van der Waals surface area contributed by atoms with E-state index in [2.05, 4.69) is 5.32 Å². The van der Waals surface area contributed by atoms with Gasteiger partial charge in [-0.2, -0.15) is 0 Å². The number of hydrogen-bond donors (Lipinski definition) is 2. The van der Waals surface area contributed by atoms with Crippen molar-refractivity contribution in [3.05, 3.63) is 35.9 Å². The Kier molecular flexibility index (Phi) is 7.43. The van der Waals surface area contributed by atoms with E-state index in [0.717, 1.165) is 30.5 Å². The number of benzene rings is 1. The minimum Gasteiger partial charge on any atom is -0.396 e. The first-order chi connectivity index (χ1) is 9.63. The summed E-state index contributed by atoms with van der Waals surface area (Å²) >= 11 is 0. The molecule has 0 spiro atoms. The molecule has 0 fully saturated rings. The van der Waals surface area contributed by atoms with Crippen molar-refractivity contribution in [3.8, 4) is 0 Å². The quantitative estimate of drug-likeness (QED) is 0.564. The van der Waals surface area contributed by atoms with Crippen molar-refractivity contribution in [1.82, 2.24) is 5.32 Å². The normalized spacial score (nSPS) is 10.8. The number of aliphatic hydroxyl groups is 1. The highest BCUT2D eigenvalue weighted by Crippen LogP contribution is 2.12. The van der Waals surface area contributed by atoms with Gasteiger partial charge in [-0.15, -0.1) is 0 Å². The Morgan fingerprint density at radius 1 is 1.20 bits per heavy atom. The summed E-state index contributed by atoms with van der Waals surface area (Å²) in [4.78, 5) is 13.6. The zero-order chi connectivity index (χ0) is 14.8. The molecule has 2 N–H and O–H groups in total. The maximum absolute atomic E-state index is 11.6. The molecule has 4 nitrogen and oxygen atoms in total. The number of unbranched alkanes of at least 4 members (excludes halogenated alkanes) is 2. The van der Waals surface area contributed by atoms with E-state index in [0.29, 0.717) is 6.54 Å². The predicted octanol–water partition coefficient (Wildman–Crippen LogP) is 2.04. The second-order valence-electron chi connectivity index (χ2n) is 4.89. The van der Waals surface area contributed by atoms with Gasteiger partial charge < -0.3 is 15.3 Å². The molecule has 20 heavy (non-hydrogen) atoms. The summed E-state index contributed by atoms with van der Waals surface area (Å²) in [7, 11) is 3.99. The summed E-state index contributed by atoms with van der Waals surface area (Å²) < 4.78 is 0. The highest BCUT2D eigenvalue weighted by molar-refractivity contribution is 5.91. The lowest BCUT2D eigenvalue weighted by Gasteiger charge is -2.11. The Morgan fingerprint density at radius 2 is 1.90 bits per heavy atom. The maximum Gasteiger partial charge on any atom is 0.243 e. The van der Waals surface area contributed by atoms with Crippen molar-refractivity contribution in [2.24, 2.45) is 0 Å². The number of hydrogen-bond acceptors (Lipinski definition) is 3. The Morgan fingerprint density at radius 3 is 2.50 bits per heavy atom. The molecule has 0 radical (unpaired) electrons. The molecule has 0 saturated carbocycles. The van der Waals surface area contributed by atoms with Gasteiger partial charge in [-0.1, -0.05) is 12.1 Å². The smallest absolute Gasteiger partial charge is 0.243 e. The van der Waals surface area contributed by atoms with Crippen LogP contribution in [0.3, 0.4) is 0 Å². The van der Waals surface area contributed by atoms with Gasteiger partial charge in [0.15, 0.2) is 0 Å². The molecule has 0 aliphatic rings. The molecule has 0 bridgehead atoms. The lowest BCUT2D eigenvalue weighted by molar-refractivity contribution is -0.116. The van der Waals surface area contributed by atoms with Crippen molar-refractivity contribution in [3.63, 3.8) is 0 Å². The summed E-state index contributed by atoms with van der Waals surface area (Å²) in [5.41, 5.74) is 2.14. The van der Waals surface area contributed by atoms with Crippen LogP contribution in [0.2, 0.25) is 0 Å². The van der Waals surface area contributed by atoms with Gasteiger partial charge in [0.1, 0.15) is 0 Å². The Labute approximate surface area is 121 Å². The van der Waals surface area contributed by atoms with Gasteiger partial charge in [0.25, 0.3) is 0 Å². The van der Waals surface area contributed by atoms with Crippen LogP contribution in [0, 0.1) is 0 Å². The van der Waals surface area contributed by atoms with Crippen molar-refractivity contribution in [2.75, 3.05) is 32.1 Å². The van der Waals surface area contributed by atoms with Crippen LogP contribution < -0.4 is 10.2 Å². The van der Waals surface area contributed by atoms with E-state index in [4.69, 9.17) is 5.11 Å². The first-order valence-electron chi connectivity index (χ1n) is 6.97. The average Bonchev–Trinajstić information content (AvgIpc) is 2.45. The minimum atomic E-state index is -0.0781. The fourth-order valence-electron chi connectivity index (χ4n) is 1.74. The number of rotatable bonds is 8. The molecule has 0 atom stereocenters. The van der Waals surface area contributed by atoms with Gasteiger partial charge in [0, 0.05) is 39.0 Å². The molecule has 1 aromatic rings. The first kappa shape index (κ1) is 16.2. The lowest BCUT2D eigenvalue weighted by atomic mass is 10.2. The van der Waals surface area contributed by atoms with E-state index >= 15 is 0 Å². The number of carbonyl (C=O) groups excluding carboxylic acids is 1. The molecule has 1 rings (SSSR count). The number of aliphatic hydroxyl groups excluding tert-OH is 1. The minimum absolute atomic E-state index is 0.0781. The van der Waals surface area contributed by atoms with Crippen molar-refractivity contribution >= 4 is 17.7 Å². The molecule has 4 heteroatoms. The van der Waals surface area contributed by atoms with Crippen LogP contribution in [0.1, 0.15) is 24.8 Å². The van der Waals surface area contributed by atoms with Gasteiger partial charge >= 0.3 is 0 Å². The average molecular weight is 276 g/mol. The molecule has 0 aromatic heterocycles. The number of carbonyl (C=O) groups is 1. The van der Waals surface area contributed by atoms with Gasteiger partial charge in [-0.05, 0) is 43.0 Å².